The second kappa shape index (κ2) is 9.66. The Morgan fingerprint density at radius 2 is 1.27 bits per heavy atom. The lowest BCUT2D eigenvalue weighted by molar-refractivity contribution is 0.0600. The lowest BCUT2D eigenvalue weighted by Gasteiger charge is -2.18. The molecule has 0 amide bonds. The van der Waals surface area contributed by atoms with Crippen LogP contribution >= 0.6 is 0 Å². The predicted molar refractivity (Wildman–Crippen MR) is 91.3 cm³/mol. The summed E-state index contributed by atoms with van der Waals surface area (Å²) in [5, 5.41) is 0. The van der Waals surface area contributed by atoms with E-state index in [1.165, 1.54) is 83.3 Å². The minimum absolute atomic E-state index is 0.245. The van der Waals surface area contributed by atoms with Gasteiger partial charge in [-0.3, -0.25) is 0 Å². The summed E-state index contributed by atoms with van der Waals surface area (Å²) in [6.07, 6.45) is 15.0. The molecule has 0 unspecified atom stereocenters. The minimum atomic E-state index is -0.245. The van der Waals surface area contributed by atoms with E-state index in [0.717, 1.165) is 0 Å². The van der Waals surface area contributed by atoms with Gasteiger partial charge in [0.05, 0.1) is 12.7 Å². The van der Waals surface area contributed by atoms with Gasteiger partial charge in [-0.15, -0.1) is 0 Å². The Balaban J connectivity index is 1.97. The molecule has 1 aromatic carbocycles. The van der Waals surface area contributed by atoms with Gasteiger partial charge < -0.3 is 4.74 Å². The van der Waals surface area contributed by atoms with E-state index in [9.17, 15) is 4.79 Å². The SMILES string of the molecule is COC(=O)c1ccc(C2CCCCCCCCCCC2)cc1. The fourth-order valence-corrected chi connectivity index (χ4v) is 3.51. The number of rotatable bonds is 2. The molecule has 1 aliphatic carbocycles. The molecule has 0 radical (unpaired) electrons. The van der Waals surface area contributed by atoms with Gasteiger partial charge in [0.25, 0.3) is 0 Å². The quantitative estimate of drug-likeness (QED) is 0.639. The molecule has 2 heteroatoms. The zero-order chi connectivity index (χ0) is 15.6. The Labute approximate surface area is 135 Å². The third-order valence-corrected chi connectivity index (χ3v) is 4.91. The van der Waals surface area contributed by atoms with Crippen molar-refractivity contribution in [3.63, 3.8) is 0 Å². The number of hydrogen-bond acceptors (Lipinski definition) is 2. The standard InChI is InChI=1S/C20H30O2/c1-22-20(21)19-15-13-18(14-16-19)17-11-9-7-5-3-2-4-6-8-10-12-17/h13-17H,2-12H2,1H3. The Hall–Kier alpha value is -1.31. The summed E-state index contributed by atoms with van der Waals surface area (Å²) in [6, 6.07) is 8.08. The van der Waals surface area contributed by atoms with Crippen LogP contribution in [0.2, 0.25) is 0 Å². The predicted octanol–water partition coefficient (Wildman–Crippen LogP) is 5.86. The molecule has 22 heavy (non-hydrogen) atoms. The lowest BCUT2D eigenvalue weighted by atomic mass is 9.87. The smallest absolute Gasteiger partial charge is 0.337 e. The fraction of sp³-hybridized carbons (Fsp3) is 0.650. The maximum absolute atomic E-state index is 11.5. The summed E-state index contributed by atoms with van der Waals surface area (Å²) in [5.74, 6) is 0.413. The molecular weight excluding hydrogens is 272 g/mol. The first-order valence-electron chi connectivity index (χ1n) is 8.99. The van der Waals surface area contributed by atoms with Crippen LogP contribution in [0.1, 0.15) is 92.5 Å². The molecule has 1 aromatic rings. The number of carbonyl (C=O) groups is 1. The van der Waals surface area contributed by atoms with Gasteiger partial charge in [-0.05, 0) is 36.5 Å². The molecule has 0 heterocycles. The lowest BCUT2D eigenvalue weighted by Crippen LogP contribution is -2.04. The summed E-state index contributed by atoms with van der Waals surface area (Å²) in [5.41, 5.74) is 2.05. The van der Waals surface area contributed by atoms with Crippen LogP contribution in [0.5, 0.6) is 0 Å². The second-order valence-corrected chi connectivity index (χ2v) is 6.57. The van der Waals surface area contributed by atoms with E-state index < -0.39 is 0 Å². The van der Waals surface area contributed by atoms with Crippen molar-refractivity contribution in [3.8, 4) is 0 Å². The average molecular weight is 302 g/mol. The van der Waals surface area contributed by atoms with Crippen molar-refractivity contribution in [1.82, 2.24) is 0 Å². The van der Waals surface area contributed by atoms with E-state index in [0.29, 0.717) is 11.5 Å². The van der Waals surface area contributed by atoms with Crippen molar-refractivity contribution in [3.05, 3.63) is 35.4 Å². The van der Waals surface area contributed by atoms with Gasteiger partial charge in [-0.25, -0.2) is 4.79 Å². The number of benzene rings is 1. The van der Waals surface area contributed by atoms with E-state index in [1.807, 2.05) is 12.1 Å². The monoisotopic (exact) mass is 302 g/mol. The number of carbonyl (C=O) groups excluding carboxylic acids is 1. The molecule has 0 N–H and O–H groups in total. The van der Waals surface area contributed by atoms with Crippen molar-refractivity contribution in [2.24, 2.45) is 0 Å². The first kappa shape index (κ1) is 17.1. The van der Waals surface area contributed by atoms with E-state index in [-0.39, 0.29) is 5.97 Å². The van der Waals surface area contributed by atoms with Crippen LogP contribution in [0.25, 0.3) is 0 Å². The van der Waals surface area contributed by atoms with Gasteiger partial charge >= 0.3 is 5.97 Å². The molecule has 0 bridgehead atoms. The van der Waals surface area contributed by atoms with Gasteiger partial charge in [-0.1, -0.05) is 69.9 Å². The number of methoxy groups -OCH3 is 1. The molecule has 2 nitrogen and oxygen atoms in total. The molecule has 2 rings (SSSR count). The first-order chi connectivity index (χ1) is 10.8. The topological polar surface area (TPSA) is 26.3 Å². The van der Waals surface area contributed by atoms with Gasteiger partial charge in [-0.2, -0.15) is 0 Å². The van der Waals surface area contributed by atoms with Crippen LogP contribution in [-0.2, 0) is 4.74 Å². The van der Waals surface area contributed by atoms with Gasteiger partial charge in [0.15, 0.2) is 0 Å². The van der Waals surface area contributed by atoms with Crippen molar-refractivity contribution in [1.29, 1.82) is 0 Å². The van der Waals surface area contributed by atoms with Gasteiger partial charge in [0.1, 0.15) is 0 Å². The molecule has 0 aromatic heterocycles. The summed E-state index contributed by atoms with van der Waals surface area (Å²) < 4.78 is 4.78. The number of hydrogen-bond donors (Lipinski definition) is 0. The van der Waals surface area contributed by atoms with Crippen LogP contribution < -0.4 is 0 Å². The molecule has 0 atom stereocenters. The minimum Gasteiger partial charge on any atom is -0.465 e. The molecule has 0 aliphatic heterocycles. The fourth-order valence-electron chi connectivity index (χ4n) is 3.51. The Morgan fingerprint density at radius 1 is 0.818 bits per heavy atom. The third kappa shape index (κ3) is 5.47. The van der Waals surface area contributed by atoms with Gasteiger partial charge in [0.2, 0.25) is 0 Å². The Kier molecular flexibility index (Phi) is 7.48. The van der Waals surface area contributed by atoms with Crippen molar-refractivity contribution in [2.45, 2.75) is 76.5 Å². The van der Waals surface area contributed by atoms with Crippen LogP contribution in [-0.4, -0.2) is 13.1 Å². The van der Waals surface area contributed by atoms with E-state index in [2.05, 4.69) is 12.1 Å². The van der Waals surface area contributed by atoms with Crippen molar-refractivity contribution in [2.75, 3.05) is 7.11 Å². The summed E-state index contributed by atoms with van der Waals surface area (Å²) in [6.45, 7) is 0. The molecule has 0 saturated heterocycles. The van der Waals surface area contributed by atoms with Crippen LogP contribution in [0.4, 0.5) is 0 Å². The van der Waals surface area contributed by atoms with Crippen LogP contribution in [0, 0.1) is 0 Å². The molecule has 0 spiro atoms. The molecule has 122 valence electrons. The Bertz CT molecular complexity index is 424. The highest BCUT2D eigenvalue weighted by Crippen LogP contribution is 2.29. The summed E-state index contributed by atoms with van der Waals surface area (Å²) in [4.78, 5) is 11.5. The van der Waals surface area contributed by atoms with Crippen LogP contribution in [0.15, 0.2) is 24.3 Å². The highest BCUT2D eigenvalue weighted by atomic mass is 16.5. The summed E-state index contributed by atoms with van der Waals surface area (Å²) in [7, 11) is 1.43. The highest BCUT2D eigenvalue weighted by molar-refractivity contribution is 5.89. The van der Waals surface area contributed by atoms with Crippen molar-refractivity contribution < 1.29 is 9.53 Å². The Morgan fingerprint density at radius 3 is 1.73 bits per heavy atom. The maximum atomic E-state index is 11.5. The largest absolute Gasteiger partial charge is 0.465 e. The first-order valence-corrected chi connectivity index (χ1v) is 8.99. The number of esters is 1. The highest BCUT2D eigenvalue weighted by Gasteiger charge is 2.13. The van der Waals surface area contributed by atoms with E-state index in [4.69, 9.17) is 4.74 Å². The van der Waals surface area contributed by atoms with E-state index in [1.54, 1.807) is 0 Å². The third-order valence-electron chi connectivity index (χ3n) is 4.91. The zero-order valence-electron chi connectivity index (χ0n) is 14.0. The maximum Gasteiger partial charge on any atom is 0.337 e. The van der Waals surface area contributed by atoms with Gasteiger partial charge in [0, 0.05) is 0 Å². The zero-order valence-corrected chi connectivity index (χ0v) is 14.0. The van der Waals surface area contributed by atoms with Crippen molar-refractivity contribution >= 4 is 5.97 Å². The second-order valence-electron chi connectivity index (χ2n) is 6.57. The molecule has 1 aliphatic rings. The normalized spacial score (nSPS) is 19.0. The molecular formula is C20H30O2. The molecule has 1 saturated carbocycles. The molecule has 1 fully saturated rings. The summed E-state index contributed by atoms with van der Waals surface area (Å²) >= 11 is 0. The number of ether oxygens (including phenoxy) is 1. The van der Waals surface area contributed by atoms with Crippen LogP contribution in [0.3, 0.4) is 0 Å². The van der Waals surface area contributed by atoms with E-state index >= 15 is 0 Å². The average Bonchev–Trinajstić information content (AvgIpc) is 2.55.